The molecule has 0 fully saturated rings. The summed E-state index contributed by atoms with van der Waals surface area (Å²) < 4.78 is 10.5. The molecule has 2 N–H and O–H groups in total. The number of hydrogen-bond donors (Lipinski definition) is 1. The molecular formula is C16H23BrN2O4. The normalized spacial score (nSPS) is 10.7. The standard InChI is InChI=1S/C16H23BrN2O4/c1-4-19(5-2)10-12-8-13(15(18)14(17)9-12)16(21)23-7-6-22-11(3)20/h8-9H,4-7,10,18H2,1-3H3. The molecule has 0 amide bonds. The van der Waals surface area contributed by atoms with Crippen LogP contribution in [0.3, 0.4) is 0 Å². The highest BCUT2D eigenvalue weighted by molar-refractivity contribution is 9.10. The van der Waals surface area contributed by atoms with Gasteiger partial charge in [-0.25, -0.2) is 4.79 Å². The van der Waals surface area contributed by atoms with E-state index in [1.165, 1.54) is 6.92 Å². The first-order chi connectivity index (χ1) is 10.9. The smallest absolute Gasteiger partial charge is 0.340 e. The molecule has 6 nitrogen and oxygen atoms in total. The Morgan fingerprint density at radius 2 is 1.78 bits per heavy atom. The number of ether oxygens (including phenoxy) is 2. The summed E-state index contributed by atoms with van der Waals surface area (Å²) in [5, 5.41) is 0. The van der Waals surface area contributed by atoms with E-state index in [4.69, 9.17) is 15.2 Å². The lowest BCUT2D eigenvalue weighted by Gasteiger charge is -2.19. The molecule has 0 unspecified atom stereocenters. The van der Waals surface area contributed by atoms with E-state index in [0.717, 1.165) is 25.2 Å². The van der Waals surface area contributed by atoms with Crippen LogP contribution in [0.25, 0.3) is 0 Å². The molecule has 1 aromatic rings. The molecule has 0 heterocycles. The minimum atomic E-state index is -0.531. The maximum atomic E-state index is 12.2. The van der Waals surface area contributed by atoms with Crippen LogP contribution in [0, 0.1) is 0 Å². The Kier molecular flexibility index (Phi) is 8.05. The van der Waals surface area contributed by atoms with E-state index in [9.17, 15) is 9.59 Å². The van der Waals surface area contributed by atoms with Crippen molar-refractivity contribution in [2.45, 2.75) is 27.3 Å². The Bertz CT molecular complexity index is 559. The Balaban J connectivity index is 2.81. The van der Waals surface area contributed by atoms with Crippen LogP contribution in [0.2, 0.25) is 0 Å². The molecule has 0 atom stereocenters. The fraction of sp³-hybridized carbons (Fsp3) is 0.500. The van der Waals surface area contributed by atoms with Crippen molar-refractivity contribution < 1.29 is 19.1 Å². The van der Waals surface area contributed by atoms with Gasteiger partial charge in [-0.1, -0.05) is 13.8 Å². The summed E-state index contributed by atoms with van der Waals surface area (Å²) in [5.41, 5.74) is 7.58. The fourth-order valence-corrected chi connectivity index (χ4v) is 2.54. The molecule has 7 heteroatoms. The first-order valence-corrected chi connectivity index (χ1v) is 8.29. The number of benzene rings is 1. The van der Waals surface area contributed by atoms with Gasteiger partial charge in [0.15, 0.2) is 0 Å². The number of esters is 2. The molecule has 0 saturated heterocycles. The monoisotopic (exact) mass is 386 g/mol. The Labute approximate surface area is 145 Å². The van der Waals surface area contributed by atoms with Crippen LogP contribution in [-0.2, 0) is 20.8 Å². The topological polar surface area (TPSA) is 81.9 Å². The predicted octanol–water partition coefficient (Wildman–Crippen LogP) is 2.59. The summed E-state index contributed by atoms with van der Waals surface area (Å²) >= 11 is 3.38. The van der Waals surface area contributed by atoms with Gasteiger partial charge in [-0.2, -0.15) is 0 Å². The molecule has 1 aromatic carbocycles. The number of nitrogens with two attached hydrogens (primary N) is 1. The van der Waals surface area contributed by atoms with Gasteiger partial charge in [-0.15, -0.1) is 0 Å². The first-order valence-electron chi connectivity index (χ1n) is 7.49. The number of rotatable bonds is 8. The maximum absolute atomic E-state index is 12.2. The zero-order chi connectivity index (χ0) is 17.4. The minimum absolute atomic E-state index is 0.00422. The van der Waals surface area contributed by atoms with Crippen LogP contribution >= 0.6 is 15.9 Å². The van der Waals surface area contributed by atoms with Gasteiger partial charge < -0.3 is 15.2 Å². The summed E-state index contributed by atoms with van der Waals surface area (Å²) in [5.74, 6) is -0.943. The minimum Gasteiger partial charge on any atom is -0.462 e. The summed E-state index contributed by atoms with van der Waals surface area (Å²) in [4.78, 5) is 25.1. The highest BCUT2D eigenvalue weighted by atomic mass is 79.9. The average Bonchev–Trinajstić information content (AvgIpc) is 2.51. The van der Waals surface area contributed by atoms with Crippen molar-refractivity contribution >= 4 is 33.6 Å². The second-order valence-corrected chi connectivity index (χ2v) is 5.83. The van der Waals surface area contributed by atoms with E-state index >= 15 is 0 Å². The molecular weight excluding hydrogens is 364 g/mol. The highest BCUT2D eigenvalue weighted by Gasteiger charge is 2.16. The number of carbonyl (C=O) groups excluding carboxylic acids is 2. The number of anilines is 1. The Morgan fingerprint density at radius 1 is 1.17 bits per heavy atom. The van der Waals surface area contributed by atoms with E-state index in [1.54, 1.807) is 6.07 Å². The van der Waals surface area contributed by atoms with Gasteiger partial charge in [0.1, 0.15) is 13.2 Å². The molecule has 0 aliphatic heterocycles. The third kappa shape index (κ3) is 6.19. The molecule has 0 aliphatic carbocycles. The lowest BCUT2D eigenvalue weighted by molar-refractivity contribution is -0.142. The van der Waals surface area contributed by atoms with E-state index in [2.05, 4.69) is 34.7 Å². The quantitative estimate of drug-likeness (QED) is 0.420. The fourth-order valence-electron chi connectivity index (χ4n) is 2.04. The third-order valence-corrected chi connectivity index (χ3v) is 3.99. The number of nitrogen functional groups attached to an aromatic ring is 1. The largest absolute Gasteiger partial charge is 0.462 e. The van der Waals surface area contributed by atoms with E-state index in [1.807, 2.05) is 6.07 Å². The van der Waals surface area contributed by atoms with Gasteiger partial charge in [0.2, 0.25) is 0 Å². The van der Waals surface area contributed by atoms with Crippen LogP contribution in [0.1, 0.15) is 36.7 Å². The number of hydrogen-bond acceptors (Lipinski definition) is 6. The predicted molar refractivity (Wildman–Crippen MR) is 92.1 cm³/mol. The average molecular weight is 387 g/mol. The van der Waals surface area contributed by atoms with Crippen molar-refractivity contribution in [2.75, 3.05) is 32.0 Å². The van der Waals surface area contributed by atoms with Crippen molar-refractivity contribution in [3.8, 4) is 0 Å². The third-order valence-electron chi connectivity index (χ3n) is 3.33. The van der Waals surface area contributed by atoms with Crippen molar-refractivity contribution in [2.24, 2.45) is 0 Å². The van der Waals surface area contributed by atoms with Crippen LogP contribution in [-0.4, -0.2) is 43.1 Å². The molecule has 23 heavy (non-hydrogen) atoms. The van der Waals surface area contributed by atoms with Crippen LogP contribution < -0.4 is 5.73 Å². The summed E-state index contributed by atoms with van der Waals surface area (Å²) in [6, 6.07) is 3.65. The van der Waals surface area contributed by atoms with Crippen molar-refractivity contribution in [3.05, 3.63) is 27.7 Å². The lowest BCUT2D eigenvalue weighted by atomic mass is 10.1. The van der Waals surface area contributed by atoms with Crippen molar-refractivity contribution in [1.29, 1.82) is 0 Å². The van der Waals surface area contributed by atoms with Gasteiger partial charge in [-0.05, 0) is 46.7 Å². The highest BCUT2D eigenvalue weighted by Crippen LogP contribution is 2.27. The molecule has 0 saturated carbocycles. The van der Waals surface area contributed by atoms with E-state index < -0.39 is 11.9 Å². The molecule has 0 spiro atoms. The van der Waals surface area contributed by atoms with Crippen LogP contribution in [0.4, 0.5) is 5.69 Å². The molecule has 128 valence electrons. The number of halogens is 1. The zero-order valence-electron chi connectivity index (χ0n) is 13.7. The maximum Gasteiger partial charge on any atom is 0.340 e. The molecule has 0 bridgehead atoms. The van der Waals surface area contributed by atoms with Gasteiger partial charge in [-0.3, -0.25) is 9.69 Å². The lowest BCUT2D eigenvalue weighted by Crippen LogP contribution is -2.22. The molecule has 0 aromatic heterocycles. The summed E-state index contributed by atoms with van der Waals surface area (Å²) in [6.45, 7) is 8.05. The number of carbonyl (C=O) groups is 2. The van der Waals surface area contributed by atoms with Crippen LogP contribution in [0.15, 0.2) is 16.6 Å². The van der Waals surface area contributed by atoms with Crippen molar-refractivity contribution in [3.63, 3.8) is 0 Å². The Hall–Kier alpha value is -1.60. The van der Waals surface area contributed by atoms with Gasteiger partial charge in [0.25, 0.3) is 0 Å². The zero-order valence-corrected chi connectivity index (χ0v) is 15.3. The SMILES string of the molecule is CCN(CC)Cc1cc(Br)c(N)c(C(=O)OCCOC(C)=O)c1. The first kappa shape index (κ1) is 19.4. The summed E-state index contributed by atoms with van der Waals surface area (Å²) in [7, 11) is 0. The van der Waals surface area contributed by atoms with Crippen LogP contribution in [0.5, 0.6) is 0 Å². The van der Waals surface area contributed by atoms with E-state index in [0.29, 0.717) is 15.7 Å². The van der Waals surface area contributed by atoms with Gasteiger partial charge >= 0.3 is 11.9 Å². The van der Waals surface area contributed by atoms with Crippen molar-refractivity contribution in [1.82, 2.24) is 4.90 Å². The molecule has 0 radical (unpaired) electrons. The van der Waals surface area contributed by atoms with Gasteiger partial charge in [0.05, 0.1) is 11.3 Å². The Morgan fingerprint density at radius 3 is 2.35 bits per heavy atom. The number of nitrogens with zero attached hydrogens (tertiary/aromatic N) is 1. The second-order valence-electron chi connectivity index (χ2n) is 4.98. The van der Waals surface area contributed by atoms with Gasteiger partial charge in [0, 0.05) is 17.9 Å². The second kappa shape index (κ2) is 9.52. The molecule has 0 aliphatic rings. The molecule has 1 rings (SSSR count). The summed E-state index contributed by atoms with van der Waals surface area (Å²) in [6.07, 6.45) is 0. The van der Waals surface area contributed by atoms with E-state index in [-0.39, 0.29) is 13.2 Å².